The van der Waals surface area contributed by atoms with Crippen LogP contribution in [0.25, 0.3) is 6.08 Å². The largest absolute Gasteiger partial charge is 0.497 e. The third-order valence-electron chi connectivity index (χ3n) is 3.15. The molecule has 2 aromatic carbocycles. The molecule has 0 bridgehead atoms. The lowest BCUT2D eigenvalue weighted by Crippen LogP contribution is -2.29. The second-order valence-electron chi connectivity index (χ2n) is 4.71. The maximum absolute atomic E-state index is 11.9. The number of amides is 1. The van der Waals surface area contributed by atoms with Crippen LogP contribution in [-0.2, 0) is 4.79 Å². The summed E-state index contributed by atoms with van der Waals surface area (Å²) in [5, 5.41) is 5.76. The highest BCUT2D eigenvalue weighted by Gasteiger charge is 2.19. The number of carbonyl (C=O) groups is 1. The van der Waals surface area contributed by atoms with Crippen molar-refractivity contribution in [3.63, 3.8) is 0 Å². The number of nitrogens with one attached hydrogen (secondary N) is 2. The second-order valence-corrected chi connectivity index (χ2v) is 4.71. The molecule has 0 spiro atoms. The van der Waals surface area contributed by atoms with Gasteiger partial charge < -0.3 is 10.1 Å². The van der Waals surface area contributed by atoms with E-state index in [-0.39, 0.29) is 5.91 Å². The van der Waals surface area contributed by atoms with Gasteiger partial charge >= 0.3 is 0 Å². The molecule has 0 aromatic heterocycles. The van der Waals surface area contributed by atoms with Crippen LogP contribution in [-0.4, -0.2) is 19.0 Å². The number of ether oxygens (including phenoxy) is 1. The zero-order valence-electron chi connectivity index (χ0n) is 12.0. The first-order valence-electron chi connectivity index (χ1n) is 6.82. The van der Waals surface area contributed by atoms with Crippen LogP contribution in [0, 0.1) is 0 Å². The van der Waals surface area contributed by atoms with E-state index in [0.29, 0.717) is 11.7 Å². The van der Waals surface area contributed by atoms with E-state index in [0.717, 1.165) is 17.0 Å². The van der Waals surface area contributed by atoms with Gasteiger partial charge in [0.2, 0.25) is 5.96 Å². The van der Waals surface area contributed by atoms with Crippen LogP contribution in [0.1, 0.15) is 5.56 Å². The van der Waals surface area contributed by atoms with Gasteiger partial charge in [-0.1, -0.05) is 30.3 Å². The third kappa shape index (κ3) is 3.15. The lowest BCUT2D eigenvalue weighted by molar-refractivity contribution is -0.115. The van der Waals surface area contributed by atoms with Crippen molar-refractivity contribution in [1.29, 1.82) is 0 Å². The van der Waals surface area contributed by atoms with E-state index < -0.39 is 0 Å². The van der Waals surface area contributed by atoms with Crippen LogP contribution in [0.15, 0.2) is 65.3 Å². The fraction of sp³-hybridized carbons (Fsp3) is 0.0588. The van der Waals surface area contributed by atoms with Crippen LogP contribution < -0.4 is 15.4 Å². The maximum atomic E-state index is 11.9. The maximum Gasteiger partial charge on any atom is 0.276 e. The van der Waals surface area contributed by atoms with Gasteiger partial charge in [0.25, 0.3) is 5.91 Å². The zero-order valence-corrected chi connectivity index (χ0v) is 12.0. The van der Waals surface area contributed by atoms with Crippen LogP contribution in [0.5, 0.6) is 5.75 Å². The first-order chi connectivity index (χ1) is 10.7. The molecule has 0 fully saturated rings. The predicted octanol–water partition coefficient (Wildman–Crippen LogP) is 2.63. The first-order valence-corrected chi connectivity index (χ1v) is 6.82. The van der Waals surface area contributed by atoms with E-state index >= 15 is 0 Å². The van der Waals surface area contributed by atoms with E-state index in [9.17, 15) is 4.79 Å². The smallest absolute Gasteiger partial charge is 0.276 e. The summed E-state index contributed by atoms with van der Waals surface area (Å²) in [7, 11) is 1.61. The monoisotopic (exact) mass is 293 g/mol. The summed E-state index contributed by atoms with van der Waals surface area (Å²) in [4.78, 5) is 16.2. The number of hydrogen-bond acceptors (Lipinski definition) is 4. The molecule has 0 unspecified atom stereocenters. The molecule has 2 N–H and O–H groups in total. The predicted molar refractivity (Wildman–Crippen MR) is 86.6 cm³/mol. The molecular weight excluding hydrogens is 278 g/mol. The summed E-state index contributed by atoms with van der Waals surface area (Å²) in [6, 6.07) is 17.0. The summed E-state index contributed by atoms with van der Waals surface area (Å²) >= 11 is 0. The Bertz CT molecular complexity index is 734. The van der Waals surface area contributed by atoms with Crippen LogP contribution in [0.3, 0.4) is 0 Å². The number of rotatable bonds is 3. The summed E-state index contributed by atoms with van der Waals surface area (Å²) in [6.07, 6.45) is 1.73. The molecule has 5 nitrogen and oxygen atoms in total. The molecule has 0 radical (unpaired) electrons. The zero-order chi connectivity index (χ0) is 15.4. The van der Waals surface area contributed by atoms with Gasteiger partial charge in [0.15, 0.2) is 0 Å². The minimum Gasteiger partial charge on any atom is -0.497 e. The van der Waals surface area contributed by atoms with Crippen molar-refractivity contribution in [3.05, 3.63) is 65.9 Å². The van der Waals surface area contributed by atoms with Crippen molar-refractivity contribution in [2.45, 2.75) is 0 Å². The molecule has 110 valence electrons. The number of guanidine groups is 1. The first kappa shape index (κ1) is 13.9. The number of carbonyl (C=O) groups excluding carboxylic acids is 1. The normalized spacial score (nSPS) is 15.4. The number of para-hydroxylation sites is 1. The molecule has 0 aliphatic carbocycles. The van der Waals surface area contributed by atoms with Crippen molar-refractivity contribution >= 4 is 23.6 Å². The molecule has 0 saturated heterocycles. The fourth-order valence-corrected chi connectivity index (χ4v) is 2.04. The van der Waals surface area contributed by atoms with Gasteiger partial charge in [-0.05, 0) is 35.9 Å². The van der Waals surface area contributed by atoms with Gasteiger partial charge in [-0.25, -0.2) is 4.99 Å². The molecule has 0 atom stereocenters. The van der Waals surface area contributed by atoms with Crippen molar-refractivity contribution in [2.75, 3.05) is 12.4 Å². The highest BCUT2D eigenvalue weighted by molar-refractivity contribution is 6.17. The molecular formula is C17H15N3O2. The molecule has 22 heavy (non-hydrogen) atoms. The summed E-state index contributed by atoms with van der Waals surface area (Å²) in [5.74, 6) is 0.971. The molecule has 1 amide bonds. The molecule has 1 aliphatic rings. The Hall–Kier alpha value is -3.08. The Morgan fingerprint density at radius 1 is 1.09 bits per heavy atom. The number of benzene rings is 2. The van der Waals surface area contributed by atoms with Crippen molar-refractivity contribution < 1.29 is 9.53 Å². The number of nitrogens with zero attached hydrogens (tertiary/aromatic N) is 1. The Labute approximate surface area is 128 Å². The van der Waals surface area contributed by atoms with Crippen LogP contribution in [0.2, 0.25) is 0 Å². The fourth-order valence-electron chi connectivity index (χ4n) is 2.04. The van der Waals surface area contributed by atoms with E-state index in [1.54, 1.807) is 13.2 Å². The number of aliphatic imine (C=N–C) groups is 1. The van der Waals surface area contributed by atoms with E-state index in [1.165, 1.54) is 0 Å². The summed E-state index contributed by atoms with van der Waals surface area (Å²) < 4.78 is 5.11. The molecule has 3 rings (SSSR count). The highest BCUT2D eigenvalue weighted by Crippen LogP contribution is 2.16. The van der Waals surface area contributed by atoms with Gasteiger partial charge in [-0.2, -0.15) is 0 Å². The highest BCUT2D eigenvalue weighted by atomic mass is 16.5. The Balaban J connectivity index is 1.78. The lowest BCUT2D eigenvalue weighted by atomic mass is 10.2. The van der Waals surface area contributed by atoms with E-state index in [4.69, 9.17) is 4.74 Å². The molecule has 2 aromatic rings. The van der Waals surface area contributed by atoms with Gasteiger partial charge in [0.1, 0.15) is 11.4 Å². The SMILES string of the molecule is COc1ccc(/C=C2/N=C(Nc3ccccc3)NC2=O)cc1. The Kier molecular flexibility index (Phi) is 3.87. The lowest BCUT2D eigenvalue weighted by Gasteiger charge is -2.03. The molecule has 1 heterocycles. The number of hydrogen-bond donors (Lipinski definition) is 2. The summed E-state index contributed by atoms with van der Waals surface area (Å²) in [6.45, 7) is 0. The average molecular weight is 293 g/mol. The van der Waals surface area contributed by atoms with Crippen LogP contribution >= 0.6 is 0 Å². The van der Waals surface area contributed by atoms with Gasteiger partial charge in [-0.15, -0.1) is 0 Å². The van der Waals surface area contributed by atoms with Gasteiger partial charge in [-0.3, -0.25) is 10.1 Å². The second kappa shape index (κ2) is 6.13. The molecule has 1 aliphatic heterocycles. The molecule has 5 heteroatoms. The van der Waals surface area contributed by atoms with Gasteiger partial charge in [0, 0.05) is 5.69 Å². The molecule has 0 saturated carbocycles. The summed E-state index contributed by atoms with van der Waals surface area (Å²) in [5.41, 5.74) is 2.12. The topological polar surface area (TPSA) is 62.7 Å². The quantitative estimate of drug-likeness (QED) is 0.855. The van der Waals surface area contributed by atoms with Crippen molar-refractivity contribution in [2.24, 2.45) is 4.99 Å². The van der Waals surface area contributed by atoms with E-state index in [2.05, 4.69) is 15.6 Å². The Morgan fingerprint density at radius 3 is 2.50 bits per heavy atom. The Morgan fingerprint density at radius 2 is 1.82 bits per heavy atom. The standard InChI is InChI=1S/C17H15N3O2/c1-22-14-9-7-12(8-10-14)11-15-16(21)20-17(19-15)18-13-5-3-2-4-6-13/h2-11H,1H3,(H2,18,19,20,21)/b15-11+. The van der Waals surface area contributed by atoms with Crippen molar-refractivity contribution in [3.8, 4) is 5.75 Å². The average Bonchev–Trinajstić information content (AvgIpc) is 2.88. The number of anilines is 1. The van der Waals surface area contributed by atoms with Crippen LogP contribution in [0.4, 0.5) is 5.69 Å². The minimum atomic E-state index is -0.228. The third-order valence-corrected chi connectivity index (χ3v) is 3.15. The van der Waals surface area contributed by atoms with E-state index in [1.807, 2.05) is 54.6 Å². The number of methoxy groups -OCH3 is 1. The minimum absolute atomic E-state index is 0.228. The van der Waals surface area contributed by atoms with Crippen molar-refractivity contribution in [1.82, 2.24) is 5.32 Å². The van der Waals surface area contributed by atoms with Gasteiger partial charge in [0.05, 0.1) is 7.11 Å².